The van der Waals surface area contributed by atoms with E-state index >= 15 is 0 Å². The highest BCUT2D eigenvalue weighted by atomic mass is 32.2. The van der Waals surface area contributed by atoms with Gasteiger partial charge in [0.2, 0.25) is 10.0 Å². The molecule has 2 saturated heterocycles. The second-order valence-electron chi connectivity index (χ2n) is 7.66. The molecule has 5 nitrogen and oxygen atoms in total. The largest absolute Gasteiger partial charge is 0.372 e. The molecule has 6 heteroatoms. The zero-order chi connectivity index (χ0) is 17.4. The van der Waals surface area contributed by atoms with Gasteiger partial charge in [-0.05, 0) is 38.2 Å². The molecule has 3 rings (SSSR count). The minimum atomic E-state index is -3.11. The van der Waals surface area contributed by atoms with Gasteiger partial charge in [0.25, 0.3) is 0 Å². The van der Waals surface area contributed by atoms with Gasteiger partial charge in [0.1, 0.15) is 0 Å². The van der Waals surface area contributed by atoms with Crippen molar-refractivity contribution >= 4 is 10.0 Å². The summed E-state index contributed by atoms with van der Waals surface area (Å²) in [5.74, 6) is 0.291. The third-order valence-electron chi connectivity index (χ3n) is 4.98. The van der Waals surface area contributed by atoms with Crippen LogP contribution in [-0.2, 0) is 21.3 Å². The van der Waals surface area contributed by atoms with Gasteiger partial charge in [-0.1, -0.05) is 29.3 Å². The van der Waals surface area contributed by atoms with Gasteiger partial charge in [0.05, 0.1) is 18.5 Å². The molecular weight excluding hydrogens is 324 g/mol. The van der Waals surface area contributed by atoms with Crippen LogP contribution >= 0.6 is 0 Å². The van der Waals surface area contributed by atoms with Crippen molar-refractivity contribution < 1.29 is 13.2 Å². The van der Waals surface area contributed by atoms with Gasteiger partial charge >= 0.3 is 0 Å². The molecule has 2 aliphatic heterocycles. The second-order valence-corrected chi connectivity index (χ2v) is 9.49. The predicted molar refractivity (Wildman–Crippen MR) is 95.4 cm³/mol. The van der Waals surface area contributed by atoms with Gasteiger partial charge < -0.3 is 4.74 Å². The van der Waals surface area contributed by atoms with E-state index in [2.05, 4.69) is 41.7 Å². The fraction of sp³-hybridized carbons (Fsp3) is 0.667. The number of hydrogen-bond acceptors (Lipinski definition) is 4. The minimum Gasteiger partial charge on any atom is -0.372 e. The number of likely N-dealkylation sites (tertiary alicyclic amines) is 1. The first-order chi connectivity index (χ1) is 11.2. The second kappa shape index (κ2) is 6.75. The lowest BCUT2D eigenvalue weighted by atomic mass is 9.82. The molecule has 0 aromatic heterocycles. The lowest BCUT2D eigenvalue weighted by Crippen LogP contribution is -2.64. The zero-order valence-electron chi connectivity index (χ0n) is 14.8. The van der Waals surface area contributed by atoms with Gasteiger partial charge in [0.15, 0.2) is 0 Å². The summed E-state index contributed by atoms with van der Waals surface area (Å²) in [4.78, 5) is 2.43. The molecule has 0 radical (unpaired) electrons. The van der Waals surface area contributed by atoms with Crippen molar-refractivity contribution in [3.8, 4) is 0 Å². The Morgan fingerprint density at radius 2 is 1.92 bits per heavy atom. The first kappa shape index (κ1) is 17.9. The highest BCUT2D eigenvalue weighted by molar-refractivity contribution is 7.88. The Labute approximate surface area is 145 Å². The molecule has 0 bridgehead atoms. The molecule has 1 spiro atoms. The van der Waals surface area contributed by atoms with E-state index in [0.717, 1.165) is 32.5 Å². The van der Waals surface area contributed by atoms with Gasteiger partial charge in [-0.15, -0.1) is 0 Å². The van der Waals surface area contributed by atoms with Crippen LogP contribution in [-0.4, -0.2) is 51.4 Å². The van der Waals surface area contributed by atoms with E-state index in [1.807, 2.05) is 0 Å². The average Bonchev–Trinajstić information content (AvgIpc) is 2.43. The molecule has 0 amide bonds. The lowest BCUT2D eigenvalue weighted by Gasteiger charge is -2.53. The molecule has 0 unspecified atom stereocenters. The Bertz CT molecular complexity index is 666. The third-order valence-corrected chi connectivity index (χ3v) is 5.67. The van der Waals surface area contributed by atoms with Gasteiger partial charge in [-0.2, -0.15) is 0 Å². The number of hydrogen-bond donors (Lipinski definition) is 1. The molecule has 1 N–H and O–H groups in total. The summed E-state index contributed by atoms with van der Waals surface area (Å²) in [5.41, 5.74) is 4.00. The van der Waals surface area contributed by atoms with Crippen LogP contribution in [0.15, 0.2) is 18.2 Å². The highest BCUT2D eigenvalue weighted by Gasteiger charge is 2.46. The molecule has 0 saturated carbocycles. The predicted octanol–water partition coefficient (Wildman–Crippen LogP) is 1.83. The molecule has 134 valence electrons. The van der Waals surface area contributed by atoms with Crippen molar-refractivity contribution in [3.05, 3.63) is 34.9 Å². The van der Waals surface area contributed by atoms with Crippen LogP contribution in [0.1, 0.15) is 29.5 Å². The maximum absolute atomic E-state index is 11.2. The van der Waals surface area contributed by atoms with Gasteiger partial charge in [-0.25, -0.2) is 13.1 Å². The van der Waals surface area contributed by atoms with Crippen molar-refractivity contribution in [2.45, 2.75) is 38.8 Å². The molecular formula is C18H28N2O3S. The number of sulfonamides is 1. The summed E-state index contributed by atoms with van der Waals surface area (Å²) >= 11 is 0. The minimum absolute atomic E-state index is 0.000456. The summed E-state index contributed by atoms with van der Waals surface area (Å²) in [6.45, 7) is 8.36. The molecule has 24 heavy (non-hydrogen) atoms. The normalized spacial score (nSPS) is 24.0. The summed E-state index contributed by atoms with van der Waals surface area (Å²) in [7, 11) is -3.11. The molecule has 2 heterocycles. The van der Waals surface area contributed by atoms with Crippen molar-refractivity contribution in [1.29, 1.82) is 0 Å². The molecule has 1 atom stereocenters. The van der Waals surface area contributed by atoms with Gasteiger partial charge in [-0.3, -0.25) is 4.90 Å². The number of aryl methyl sites for hydroxylation is 2. The van der Waals surface area contributed by atoms with Crippen molar-refractivity contribution in [2.24, 2.45) is 5.92 Å². The van der Waals surface area contributed by atoms with Crippen LogP contribution in [0.4, 0.5) is 0 Å². The van der Waals surface area contributed by atoms with Crippen LogP contribution in [0.5, 0.6) is 0 Å². The first-order valence-corrected chi connectivity index (χ1v) is 10.5. The number of ether oxygens (including phenoxy) is 1. The van der Waals surface area contributed by atoms with Crippen LogP contribution in [0.25, 0.3) is 0 Å². The van der Waals surface area contributed by atoms with Crippen LogP contribution in [0.3, 0.4) is 0 Å². The maximum Gasteiger partial charge on any atom is 0.208 e. The third kappa shape index (κ3) is 4.57. The Hall–Kier alpha value is -0.950. The maximum atomic E-state index is 11.2. The fourth-order valence-corrected chi connectivity index (χ4v) is 4.43. The SMILES string of the molecule is Cc1cc(C)cc(CN2CC3(CC[C@H](CNS(C)(=O)=O)CO3)C2)c1. The number of rotatable bonds is 5. The molecule has 1 aromatic carbocycles. The first-order valence-electron chi connectivity index (χ1n) is 8.61. The van der Waals surface area contributed by atoms with Crippen LogP contribution in [0.2, 0.25) is 0 Å². The lowest BCUT2D eigenvalue weighted by molar-refractivity contribution is -0.181. The van der Waals surface area contributed by atoms with Crippen LogP contribution < -0.4 is 4.72 Å². The number of benzene rings is 1. The van der Waals surface area contributed by atoms with Crippen molar-refractivity contribution in [1.82, 2.24) is 9.62 Å². The monoisotopic (exact) mass is 352 g/mol. The number of nitrogens with one attached hydrogen (secondary N) is 1. The van der Waals surface area contributed by atoms with Crippen molar-refractivity contribution in [2.75, 3.05) is 32.5 Å². The van der Waals surface area contributed by atoms with E-state index in [4.69, 9.17) is 4.74 Å². The summed E-state index contributed by atoms with van der Waals surface area (Å²) < 4.78 is 31.1. The Balaban J connectivity index is 1.45. The highest BCUT2D eigenvalue weighted by Crippen LogP contribution is 2.36. The fourth-order valence-electron chi connectivity index (χ4n) is 3.90. The van der Waals surface area contributed by atoms with E-state index in [-0.39, 0.29) is 5.60 Å². The Morgan fingerprint density at radius 3 is 2.46 bits per heavy atom. The summed E-state index contributed by atoms with van der Waals surface area (Å²) in [5, 5.41) is 0. The van der Waals surface area contributed by atoms with Crippen molar-refractivity contribution in [3.63, 3.8) is 0 Å². The molecule has 2 aliphatic rings. The van der Waals surface area contributed by atoms with E-state index in [1.165, 1.54) is 22.9 Å². The Kier molecular flexibility index (Phi) is 5.02. The van der Waals surface area contributed by atoms with Crippen LogP contribution in [0, 0.1) is 19.8 Å². The quantitative estimate of drug-likeness (QED) is 0.878. The zero-order valence-corrected chi connectivity index (χ0v) is 15.7. The summed E-state index contributed by atoms with van der Waals surface area (Å²) in [6, 6.07) is 6.72. The molecule has 2 fully saturated rings. The topological polar surface area (TPSA) is 58.6 Å². The van der Waals surface area contributed by atoms with E-state index in [1.54, 1.807) is 0 Å². The van der Waals surface area contributed by atoms with Gasteiger partial charge in [0, 0.05) is 26.2 Å². The standard InChI is InChI=1S/C18H28N2O3S/c1-14-6-15(2)8-17(7-14)10-20-12-18(13-20)5-4-16(11-23-18)9-19-24(3,21)22/h6-8,16,19H,4-5,9-13H2,1-3H3/t16-/m1/s1. The molecule has 1 aromatic rings. The Morgan fingerprint density at radius 1 is 1.25 bits per heavy atom. The van der Waals surface area contributed by atoms with E-state index in [0.29, 0.717) is 19.1 Å². The van der Waals surface area contributed by atoms with E-state index < -0.39 is 10.0 Å². The summed E-state index contributed by atoms with van der Waals surface area (Å²) in [6.07, 6.45) is 3.25. The van der Waals surface area contributed by atoms with E-state index in [9.17, 15) is 8.42 Å². The average molecular weight is 353 g/mol. The molecule has 0 aliphatic carbocycles. The smallest absolute Gasteiger partial charge is 0.208 e. The number of nitrogens with zero attached hydrogens (tertiary/aromatic N) is 1.